The third kappa shape index (κ3) is 4.16. The van der Waals surface area contributed by atoms with Crippen molar-refractivity contribution in [3.05, 3.63) is 53.8 Å². The molecular weight excluding hydrogens is 287 g/mol. The summed E-state index contributed by atoms with van der Waals surface area (Å²) in [5.74, 6) is 0.501. The molecule has 0 atom stereocenters. The number of nitrogens with one attached hydrogen (secondary N) is 2. The highest BCUT2D eigenvalue weighted by atomic mass is 32.1. The van der Waals surface area contributed by atoms with E-state index in [0.29, 0.717) is 17.3 Å². The maximum atomic E-state index is 13.2. The average molecular weight is 304 g/mol. The lowest BCUT2D eigenvalue weighted by Crippen LogP contribution is -2.19. The molecule has 0 fully saturated rings. The van der Waals surface area contributed by atoms with Crippen molar-refractivity contribution in [2.75, 3.05) is 17.2 Å². The van der Waals surface area contributed by atoms with Crippen molar-refractivity contribution in [1.82, 2.24) is 0 Å². The van der Waals surface area contributed by atoms with E-state index in [0.717, 1.165) is 17.1 Å². The Hall–Kier alpha value is -2.14. The molecule has 0 saturated heterocycles. The van der Waals surface area contributed by atoms with Crippen LogP contribution in [0.5, 0.6) is 5.75 Å². The van der Waals surface area contributed by atoms with Crippen molar-refractivity contribution >= 4 is 28.7 Å². The van der Waals surface area contributed by atoms with Crippen LogP contribution in [-0.4, -0.2) is 11.7 Å². The molecule has 0 spiro atoms. The first-order chi connectivity index (χ1) is 10.1. The lowest BCUT2D eigenvalue weighted by molar-refractivity contribution is 0.342. The van der Waals surface area contributed by atoms with Gasteiger partial charge < -0.3 is 15.4 Å². The molecule has 2 aromatic carbocycles. The Balaban J connectivity index is 2.06. The van der Waals surface area contributed by atoms with Crippen LogP contribution in [0.25, 0.3) is 0 Å². The molecule has 0 unspecified atom stereocenters. The smallest absolute Gasteiger partial charge is 0.175 e. The van der Waals surface area contributed by atoms with Crippen LogP contribution >= 0.6 is 12.2 Å². The summed E-state index contributed by atoms with van der Waals surface area (Å²) in [7, 11) is 0. The Labute approximate surface area is 129 Å². The maximum Gasteiger partial charge on any atom is 0.175 e. The van der Waals surface area contributed by atoms with E-state index in [1.807, 2.05) is 31.2 Å². The number of anilines is 2. The lowest BCUT2D eigenvalue weighted by Gasteiger charge is -2.14. The number of hydrogen-bond acceptors (Lipinski definition) is 2. The topological polar surface area (TPSA) is 33.3 Å². The van der Waals surface area contributed by atoms with E-state index < -0.39 is 0 Å². The Bertz CT molecular complexity index is 646. The maximum absolute atomic E-state index is 13.2. The molecule has 0 saturated carbocycles. The highest BCUT2D eigenvalue weighted by molar-refractivity contribution is 7.80. The number of benzene rings is 2. The van der Waals surface area contributed by atoms with Crippen LogP contribution in [0.1, 0.15) is 12.5 Å². The molecule has 0 aliphatic heterocycles. The second-order valence-electron chi connectivity index (χ2n) is 4.47. The summed E-state index contributed by atoms with van der Waals surface area (Å²) in [5, 5.41) is 6.53. The molecule has 21 heavy (non-hydrogen) atoms. The van der Waals surface area contributed by atoms with Crippen molar-refractivity contribution in [3.63, 3.8) is 0 Å². The highest BCUT2D eigenvalue weighted by Crippen LogP contribution is 2.24. The minimum absolute atomic E-state index is 0.235. The van der Waals surface area contributed by atoms with Crippen LogP contribution in [0.2, 0.25) is 0 Å². The normalized spacial score (nSPS) is 10.0. The molecule has 3 nitrogen and oxygen atoms in total. The van der Waals surface area contributed by atoms with Gasteiger partial charge in [-0.15, -0.1) is 0 Å². The molecule has 2 aromatic rings. The van der Waals surface area contributed by atoms with Gasteiger partial charge >= 0.3 is 0 Å². The molecule has 2 rings (SSSR count). The minimum Gasteiger partial charge on any atom is -0.492 e. The zero-order chi connectivity index (χ0) is 15.2. The van der Waals surface area contributed by atoms with Crippen molar-refractivity contribution in [3.8, 4) is 5.75 Å². The molecule has 0 aromatic heterocycles. The van der Waals surface area contributed by atoms with Gasteiger partial charge in [-0.2, -0.15) is 0 Å². The van der Waals surface area contributed by atoms with Crippen LogP contribution in [-0.2, 0) is 0 Å². The van der Waals surface area contributed by atoms with E-state index in [9.17, 15) is 4.39 Å². The molecule has 110 valence electrons. The summed E-state index contributed by atoms with van der Waals surface area (Å²) in [5.41, 5.74) is 2.09. The highest BCUT2D eigenvalue weighted by Gasteiger charge is 2.05. The van der Waals surface area contributed by atoms with Gasteiger partial charge in [-0.05, 0) is 62.0 Å². The summed E-state index contributed by atoms with van der Waals surface area (Å²) in [6, 6.07) is 12.3. The summed E-state index contributed by atoms with van der Waals surface area (Å²) in [6.07, 6.45) is 0. The summed E-state index contributed by atoms with van der Waals surface area (Å²) in [4.78, 5) is 0. The molecule has 0 aliphatic carbocycles. The summed E-state index contributed by atoms with van der Waals surface area (Å²) < 4.78 is 18.8. The predicted molar refractivity (Wildman–Crippen MR) is 88.6 cm³/mol. The zero-order valence-corrected chi connectivity index (χ0v) is 12.8. The van der Waals surface area contributed by atoms with Gasteiger partial charge in [0.1, 0.15) is 11.6 Å². The van der Waals surface area contributed by atoms with Crippen LogP contribution in [0.15, 0.2) is 42.5 Å². The Kier molecular flexibility index (Phi) is 5.11. The van der Waals surface area contributed by atoms with Gasteiger partial charge in [0.2, 0.25) is 0 Å². The zero-order valence-electron chi connectivity index (χ0n) is 11.9. The van der Waals surface area contributed by atoms with E-state index in [1.165, 1.54) is 6.07 Å². The van der Waals surface area contributed by atoms with Crippen LogP contribution in [0.3, 0.4) is 0 Å². The Morgan fingerprint density at radius 1 is 1.19 bits per heavy atom. The number of thiocarbonyl (C=S) groups is 1. The molecule has 2 N–H and O–H groups in total. The first-order valence-electron chi connectivity index (χ1n) is 6.66. The molecular formula is C16H17FN2OS. The van der Waals surface area contributed by atoms with Gasteiger partial charge in [-0.1, -0.05) is 12.1 Å². The van der Waals surface area contributed by atoms with E-state index >= 15 is 0 Å². The third-order valence-corrected chi connectivity index (χ3v) is 3.06. The number of aryl methyl sites for hydroxylation is 1. The monoisotopic (exact) mass is 304 g/mol. The van der Waals surface area contributed by atoms with E-state index in [-0.39, 0.29) is 5.82 Å². The fourth-order valence-electron chi connectivity index (χ4n) is 1.86. The SMILES string of the molecule is CCOc1ccccc1NC(=S)Nc1ccc(F)c(C)c1. The first-order valence-corrected chi connectivity index (χ1v) is 7.07. The van der Waals surface area contributed by atoms with E-state index in [4.69, 9.17) is 17.0 Å². The van der Waals surface area contributed by atoms with Gasteiger partial charge in [0.05, 0.1) is 12.3 Å². The van der Waals surface area contributed by atoms with Gasteiger partial charge in [0.25, 0.3) is 0 Å². The lowest BCUT2D eigenvalue weighted by atomic mass is 10.2. The Morgan fingerprint density at radius 3 is 2.67 bits per heavy atom. The van der Waals surface area contributed by atoms with Gasteiger partial charge in [0.15, 0.2) is 5.11 Å². The van der Waals surface area contributed by atoms with Gasteiger partial charge in [-0.3, -0.25) is 0 Å². The summed E-state index contributed by atoms with van der Waals surface area (Å²) >= 11 is 5.27. The van der Waals surface area contributed by atoms with Crippen molar-refractivity contribution in [1.29, 1.82) is 0 Å². The average Bonchev–Trinajstić information content (AvgIpc) is 2.45. The van der Waals surface area contributed by atoms with E-state index in [2.05, 4.69) is 10.6 Å². The minimum atomic E-state index is -0.235. The van der Waals surface area contributed by atoms with Crippen molar-refractivity contribution in [2.24, 2.45) is 0 Å². The van der Waals surface area contributed by atoms with Gasteiger partial charge in [-0.25, -0.2) is 4.39 Å². The molecule has 0 aliphatic rings. The molecule has 0 radical (unpaired) electrons. The summed E-state index contributed by atoms with van der Waals surface area (Å²) in [6.45, 7) is 4.21. The van der Waals surface area contributed by atoms with Gasteiger partial charge in [0, 0.05) is 5.69 Å². The quantitative estimate of drug-likeness (QED) is 0.823. The number of ether oxygens (including phenoxy) is 1. The number of para-hydroxylation sites is 2. The predicted octanol–water partition coefficient (Wildman–Crippen LogP) is 4.34. The molecule has 0 amide bonds. The second-order valence-corrected chi connectivity index (χ2v) is 4.88. The van der Waals surface area contributed by atoms with Crippen LogP contribution in [0.4, 0.5) is 15.8 Å². The largest absolute Gasteiger partial charge is 0.492 e. The van der Waals surface area contributed by atoms with Crippen LogP contribution in [0, 0.1) is 12.7 Å². The number of rotatable bonds is 4. The number of halogens is 1. The standard InChI is InChI=1S/C16H17FN2OS/c1-3-20-15-7-5-4-6-14(15)19-16(21)18-12-8-9-13(17)11(2)10-12/h4-10H,3H2,1-2H3,(H2,18,19,21). The van der Waals surface area contributed by atoms with Crippen molar-refractivity contribution < 1.29 is 9.13 Å². The molecule has 0 heterocycles. The molecule has 5 heteroatoms. The van der Waals surface area contributed by atoms with E-state index in [1.54, 1.807) is 19.1 Å². The third-order valence-electron chi connectivity index (χ3n) is 2.85. The fourth-order valence-corrected chi connectivity index (χ4v) is 2.09. The van der Waals surface area contributed by atoms with Crippen LogP contribution < -0.4 is 15.4 Å². The second kappa shape index (κ2) is 7.04. The Morgan fingerprint density at radius 2 is 1.95 bits per heavy atom. The first kappa shape index (κ1) is 15.3. The number of hydrogen-bond donors (Lipinski definition) is 2. The van der Waals surface area contributed by atoms with Crippen molar-refractivity contribution in [2.45, 2.75) is 13.8 Å². The molecule has 0 bridgehead atoms. The fraction of sp³-hybridized carbons (Fsp3) is 0.188.